The molecule has 0 bridgehead atoms. The molecular formula is C16H13N5O3. The number of rotatable bonds is 4. The van der Waals surface area contributed by atoms with Gasteiger partial charge in [-0.25, -0.2) is 4.98 Å². The number of azide groups is 1. The number of pyridine rings is 1. The van der Waals surface area contributed by atoms with E-state index in [9.17, 15) is 9.90 Å². The first-order valence-electron chi connectivity index (χ1n) is 7.38. The third-order valence-electron chi connectivity index (χ3n) is 4.76. The summed E-state index contributed by atoms with van der Waals surface area (Å²) in [6.07, 6.45) is 2.23. The summed E-state index contributed by atoms with van der Waals surface area (Å²) in [5, 5.41) is 13.3. The zero-order valence-corrected chi connectivity index (χ0v) is 12.5. The molecule has 1 heterocycles. The fourth-order valence-corrected chi connectivity index (χ4v) is 3.39. The number of carbonyl (C=O) groups excluding carboxylic acids is 1. The molecule has 1 aromatic heterocycles. The van der Waals surface area contributed by atoms with Crippen molar-refractivity contribution < 1.29 is 14.6 Å². The van der Waals surface area contributed by atoms with Crippen molar-refractivity contribution in [3.05, 3.63) is 52.5 Å². The van der Waals surface area contributed by atoms with Gasteiger partial charge in [-0.05, 0) is 47.2 Å². The van der Waals surface area contributed by atoms with E-state index < -0.39 is 11.3 Å². The van der Waals surface area contributed by atoms with E-state index in [0.29, 0.717) is 29.3 Å². The molecule has 8 nitrogen and oxygen atoms in total. The molecule has 0 radical (unpaired) electrons. The van der Waals surface area contributed by atoms with Crippen LogP contribution >= 0.6 is 0 Å². The van der Waals surface area contributed by atoms with E-state index in [0.717, 1.165) is 0 Å². The second-order valence-corrected chi connectivity index (χ2v) is 6.06. The molecular weight excluding hydrogens is 310 g/mol. The van der Waals surface area contributed by atoms with Crippen molar-refractivity contribution >= 4 is 11.7 Å². The normalized spacial score (nSPS) is 26.0. The summed E-state index contributed by atoms with van der Waals surface area (Å²) < 4.78 is 5.73. The summed E-state index contributed by atoms with van der Waals surface area (Å²) >= 11 is 0. The van der Waals surface area contributed by atoms with Gasteiger partial charge in [-0.1, -0.05) is 0 Å². The first kappa shape index (κ1) is 14.3. The summed E-state index contributed by atoms with van der Waals surface area (Å²) in [5.41, 5.74) is 14.1. The van der Waals surface area contributed by atoms with Crippen LogP contribution in [0, 0.1) is 11.3 Å². The number of nitrogens with two attached hydrogens (primary N) is 1. The van der Waals surface area contributed by atoms with Crippen LogP contribution in [0.4, 0.5) is 5.82 Å². The smallest absolute Gasteiger partial charge is 0.225 e. The molecule has 0 spiro atoms. The van der Waals surface area contributed by atoms with Crippen molar-refractivity contribution in [2.75, 3.05) is 5.73 Å². The van der Waals surface area contributed by atoms with E-state index in [1.54, 1.807) is 24.3 Å². The first-order chi connectivity index (χ1) is 11.6. The molecule has 3 N–H and O–H groups in total. The van der Waals surface area contributed by atoms with Crippen LogP contribution in [0.15, 0.2) is 41.6 Å². The lowest BCUT2D eigenvalue weighted by Crippen LogP contribution is -2.08. The predicted molar refractivity (Wildman–Crippen MR) is 84.3 cm³/mol. The molecule has 1 amide bonds. The number of benzene rings is 1. The Morgan fingerprint density at radius 3 is 2.92 bits per heavy atom. The molecule has 120 valence electrons. The molecule has 4 rings (SSSR count). The number of carbonyl (C=O) groups is 1. The van der Waals surface area contributed by atoms with E-state index in [4.69, 9.17) is 16.0 Å². The van der Waals surface area contributed by atoms with Crippen LogP contribution in [-0.2, 0) is 4.79 Å². The molecule has 0 saturated heterocycles. The number of nitrogen functional groups attached to an aromatic ring is 1. The topological polar surface area (TPSA) is 134 Å². The van der Waals surface area contributed by atoms with Gasteiger partial charge >= 0.3 is 0 Å². The second kappa shape index (κ2) is 4.87. The van der Waals surface area contributed by atoms with Crippen molar-refractivity contribution in [2.24, 2.45) is 16.4 Å². The number of amides is 1. The number of aromatic hydroxyl groups is 1. The molecule has 0 unspecified atom stereocenters. The molecule has 8 heteroatoms. The quantitative estimate of drug-likeness (QED) is 0.506. The molecule has 3 atom stereocenters. The minimum Gasteiger partial charge on any atom is -0.508 e. The molecule has 2 fully saturated rings. The summed E-state index contributed by atoms with van der Waals surface area (Å²) in [7, 11) is 0. The Bertz CT molecular complexity index is 908. The van der Waals surface area contributed by atoms with Gasteiger partial charge < -0.3 is 15.6 Å². The van der Waals surface area contributed by atoms with Crippen molar-refractivity contribution in [2.45, 2.75) is 12.3 Å². The molecule has 1 aromatic carbocycles. The summed E-state index contributed by atoms with van der Waals surface area (Å²) in [6.45, 7) is 0. The average Bonchev–Trinajstić information content (AvgIpc) is 3.40. The minimum atomic E-state index is -0.622. The SMILES string of the molecule is [N-]=[N+]=NC(=O)[C@@]12C[C@H]1[C@H]2c1cc(Oc2ccnc(N)c2)ccc1O. The zero-order chi connectivity index (χ0) is 16.9. The number of hydrogen-bond donors (Lipinski definition) is 2. The van der Waals surface area contributed by atoms with Gasteiger partial charge in [0.25, 0.3) is 0 Å². The third kappa shape index (κ3) is 2.04. The number of anilines is 1. The third-order valence-corrected chi connectivity index (χ3v) is 4.76. The molecule has 2 saturated carbocycles. The Kier molecular flexibility index (Phi) is 2.91. The first-order valence-corrected chi connectivity index (χ1v) is 7.38. The molecule has 0 aliphatic heterocycles. The molecule has 24 heavy (non-hydrogen) atoms. The van der Waals surface area contributed by atoms with Gasteiger partial charge in [-0.15, -0.1) is 0 Å². The van der Waals surface area contributed by atoms with Crippen molar-refractivity contribution in [3.63, 3.8) is 0 Å². The van der Waals surface area contributed by atoms with Gasteiger partial charge in [0.05, 0.1) is 0 Å². The number of hydrogen-bond acceptors (Lipinski definition) is 5. The minimum absolute atomic E-state index is 0.0990. The average molecular weight is 323 g/mol. The van der Waals surface area contributed by atoms with Crippen LogP contribution in [0.5, 0.6) is 17.2 Å². The van der Waals surface area contributed by atoms with Gasteiger partial charge in [-0.2, -0.15) is 0 Å². The molecule has 2 aliphatic carbocycles. The Morgan fingerprint density at radius 2 is 2.21 bits per heavy atom. The highest BCUT2D eigenvalue weighted by Gasteiger charge is 2.83. The van der Waals surface area contributed by atoms with Gasteiger partial charge in [0.15, 0.2) is 0 Å². The van der Waals surface area contributed by atoms with Crippen LogP contribution in [-0.4, -0.2) is 16.0 Å². The Balaban J connectivity index is 1.60. The number of phenols is 1. The highest BCUT2D eigenvalue weighted by molar-refractivity contribution is 5.93. The van der Waals surface area contributed by atoms with Gasteiger partial charge in [0, 0.05) is 34.1 Å². The van der Waals surface area contributed by atoms with Gasteiger partial charge in [0.2, 0.25) is 5.91 Å². The standard InChI is InChI=1S/C16H13N5O3/c17-13-6-9(3-4-19-13)24-8-1-2-12(22)10(5-8)14-11-7-16(11,14)15(23)20-21-18/h1-6,11,14,22H,7H2,(H2,17,19)/t11-,14+,16-/m0/s1. The Morgan fingerprint density at radius 1 is 1.42 bits per heavy atom. The van der Waals surface area contributed by atoms with Crippen LogP contribution in [0.3, 0.4) is 0 Å². The van der Waals surface area contributed by atoms with Crippen LogP contribution < -0.4 is 10.5 Å². The number of phenolic OH excluding ortho intramolecular Hbond substituents is 1. The van der Waals surface area contributed by atoms with E-state index >= 15 is 0 Å². The van der Waals surface area contributed by atoms with Crippen molar-refractivity contribution in [1.82, 2.24) is 4.98 Å². The van der Waals surface area contributed by atoms with Gasteiger partial charge in [0.1, 0.15) is 23.1 Å². The summed E-state index contributed by atoms with van der Waals surface area (Å²) in [5.74, 6) is 1.05. The lowest BCUT2D eigenvalue weighted by molar-refractivity contribution is -0.121. The maximum absolute atomic E-state index is 11.9. The maximum atomic E-state index is 11.9. The van der Waals surface area contributed by atoms with E-state index in [2.05, 4.69) is 15.0 Å². The van der Waals surface area contributed by atoms with E-state index in [1.165, 1.54) is 12.3 Å². The van der Waals surface area contributed by atoms with Gasteiger partial charge in [-0.3, -0.25) is 4.79 Å². The highest BCUT2D eigenvalue weighted by Crippen LogP contribution is 2.85. The maximum Gasteiger partial charge on any atom is 0.225 e. The monoisotopic (exact) mass is 323 g/mol. The second-order valence-electron chi connectivity index (χ2n) is 6.06. The Hall–Kier alpha value is -3.25. The van der Waals surface area contributed by atoms with E-state index in [-0.39, 0.29) is 17.6 Å². The fourth-order valence-electron chi connectivity index (χ4n) is 3.39. The predicted octanol–water partition coefficient (Wildman–Crippen LogP) is 3.10. The number of nitrogens with zero attached hydrogens (tertiary/aromatic N) is 4. The fraction of sp³-hybridized carbons (Fsp3) is 0.250. The lowest BCUT2D eigenvalue weighted by Gasteiger charge is -2.13. The Labute approximate surface area is 136 Å². The number of aromatic nitrogens is 1. The van der Waals surface area contributed by atoms with Crippen molar-refractivity contribution in [3.8, 4) is 17.2 Å². The zero-order valence-electron chi connectivity index (χ0n) is 12.5. The number of fused-ring (bicyclic) bond motifs is 1. The largest absolute Gasteiger partial charge is 0.508 e. The molecule has 2 aliphatic rings. The summed E-state index contributed by atoms with van der Waals surface area (Å²) in [6, 6.07) is 8.12. The van der Waals surface area contributed by atoms with Crippen LogP contribution in [0.2, 0.25) is 0 Å². The van der Waals surface area contributed by atoms with Crippen molar-refractivity contribution in [1.29, 1.82) is 0 Å². The van der Waals surface area contributed by atoms with E-state index in [1.807, 2.05) is 0 Å². The van der Waals surface area contributed by atoms with Crippen LogP contribution in [0.25, 0.3) is 10.4 Å². The highest BCUT2D eigenvalue weighted by atomic mass is 16.5. The molecule has 2 aromatic rings. The lowest BCUT2D eigenvalue weighted by atomic mass is 9.95. The summed E-state index contributed by atoms with van der Waals surface area (Å²) in [4.78, 5) is 18.4. The van der Waals surface area contributed by atoms with Crippen LogP contribution in [0.1, 0.15) is 17.9 Å². The number of ether oxygens (including phenoxy) is 1.